The molecule has 3 aromatic heterocycles. The molecule has 0 amide bonds. The van der Waals surface area contributed by atoms with Crippen molar-refractivity contribution in [2.45, 2.75) is 0 Å². The smallest absolute Gasteiger partial charge is 0.164 e. The topological polar surface area (TPSA) is 65.0 Å². The molecule has 0 unspecified atom stereocenters. The van der Waals surface area contributed by atoms with E-state index in [1.54, 1.807) is 0 Å². The minimum Gasteiger partial charge on any atom is -0.455 e. The van der Waals surface area contributed by atoms with E-state index in [9.17, 15) is 0 Å². The lowest BCUT2D eigenvalue weighted by molar-refractivity contribution is 0.666. The van der Waals surface area contributed by atoms with Crippen LogP contribution in [0.1, 0.15) is 0 Å². The quantitative estimate of drug-likeness (QED) is 0.187. The van der Waals surface area contributed by atoms with Gasteiger partial charge in [0.25, 0.3) is 0 Å². The van der Waals surface area contributed by atoms with E-state index in [4.69, 9.17) is 23.8 Å². The van der Waals surface area contributed by atoms with Crippen LogP contribution in [0.4, 0.5) is 0 Å². The highest BCUT2D eigenvalue weighted by Crippen LogP contribution is 2.47. The predicted octanol–water partition coefficient (Wildman–Crippen LogP) is 12.6. The van der Waals surface area contributed by atoms with Crippen LogP contribution in [0.15, 0.2) is 173 Å². The van der Waals surface area contributed by atoms with Crippen LogP contribution in [-0.4, -0.2) is 15.0 Å². The van der Waals surface area contributed by atoms with Crippen LogP contribution in [0.25, 0.3) is 111 Å². The number of hydrogen-bond acceptors (Lipinski definition) is 5. The second-order valence-corrected chi connectivity index (χ2v) is 13.1. The van der Waals surface area contributed by atoms with Gasteiger partial charge in [-0.25, -0.2) is 15.0 Å². The van der Waals surface area contributed by atoms with Crippen molar-refractivity contribution >= 4 is 65.4 Å². The zero-order chi connectivity index (χ0) is 34.2. The SMILES string of the molecule is c1ccc(-c2nc(-c3ccccc3)nc(-c3ccc(-c4cccc5c4oc4c5c5ccccc5c5oc6ccccc6c54)c4ccccc34)n2)cc1. The molecular weight excluding hydrogens is 639 g/mol. The minimum atomic E-state index is 0.623. The number of rotatable bonds is 4. The lowest BCUT2D eigenvalue weighted by Crippen LogP contribution is -2.00. The van der Waals surface area contributed by atoms with Gasteiger partial charge < -0.3 is 8.83 Å². The van der Waals surface area contributed by atoms with Crippen molar-refractivity contribution < 1.29 is 8.83 Å². The van der Waals surface area contributed by atoms with Gasteiger partial charge in [0.1, 0.15) is 22.3 Å². The van der Waals surface area contributed by atoms with Crippen molar-refractivity contribution in [3.63, 3.8) is 0 Å². The van der Waals surface area contributed by atoms with Crippen molar-refractivity contribution in [3.8, 4) is 45.3 Å². The summed E-state index contributed by atoms with van der Waals surface area (Å²) >= 11 is 0. The Morgan fingerprint density at radius 2 is 0.827 bits per heavy atom. The average Bonchev–Trinajstić information content (AvgIpc) is 3.81. The van der Waals surface area contributed by atoms with E-state index in [1.807, 2.05) is 72.8 Å². The summed E-state index contributed by atoms with van der Waals surface area (Å²) in [6, 6.07) is 56.1. The molecule has 0 N–H and O–H groups in total. The molecule has 52 heavy (non-hydrogen) atoms. The third kappa shape index (κ3) is 4.26. The highest BCUT2D eigenvalue weighted by atomic mass is 16.3. The first-order valence-corrected chi connectivity index (χ1v) is 17.4. The maximum Gasteiger partial charge on any atom is 0.164 e. The van der Waals surface area contributed by atoms with Gasteiger partial charge in [-0.05, 0) is 33.9 Å². The molecule has 0 saturated heterocycles. The maximum atomic E-state index is 7.03. The molecule has 0 radical (unpaired) electrons. The Labute approximate surface area is 297 Å². The van der Waals surface area contributed by atoms with Crippen LogP contribution < -0.4 is 0 Å². The molecule has 5 heteroatoms. The molecule has 0 aliphatic carbocycles. The number of aromatic nitrogens is 3. The molecule has 0 aliphatic heterocycles. The summed E-state index contributed by atoms with van der Waals surface area (Å²) in [5.74, 6) is 1.89. The van der Waals surface area contributed by atoms with Crippen molar-refractivity contribution in [2.75, 3.05) is 0 Å². The van der Waals surface area contributed by atoms with Crippen molar-refractivity contribution in [1.29, 1.82) is 0 Å². The van der Waals surface area contributed by atoms with Gasteiger partial charge in [-0.15, -0.1) is 0 Å². The average molecular weight is 666 g/mol. The summed E-state index contributed by atoms with van der Waals surface area (Å²) in [4.78, 5) is 15.0. The maximum absolute atomic E-state index is 7.03. The van der Waals surface area contributed by atoms with Crippen LogP contribution in [-0.2, 0) is 0 Å². The van der Waals surface area contributed by atoms with Gasteiger partial charge >= 0.3 is 0 Å². The molecule has 242 valence electrons. The summed E-state index contributed by atoms with van der Waals surface area (Å²) in [6.45, 7) is 0. The Bertz CT molecular complexity index is 3120. The van der Waals surface area contributed by atoms with Crippen LogP contribution >= 0.6 is 0 Å². The molecule has 0 bridgehead atoms. The van der Waals surface area contributed by atoms with E-state index in [1.165, 1.54) is 0 Å². The number of hydrogen-bond donors (Lipinski definition) is 0. The van der Waals surface area contributed by atoms with Gasteiger partial charge in [-0.3, -0.25) is 0 Å². The predicted molar refractivity (Wildman–Crippen MR) is 211 cm³/mol. The first kappa shape index (κ1) is 28.7. The van der Waals surface area contributed by atoms with E-state index < -0.39 is 0 Å². The van der Waals surface area contributed by atoms with Gasteiger partial charge in [0.05, 0.1) is 5.39 Å². The monoisotopic (exact) mass is 665 g/mol. The van der Waals surface area contributed by atoms with Crippen molar-refractivity contribution in [2.24, 2.45) is 0 Å². The number of nitrogens with zero attached hydrogens (tertiary/aromatic N) is 3. The second kappa shape index (κ2) is 11.2. The van der Waals surface area contributed by atoms with Gasteiger partial charge in [0.2, 0.25) is 0 Å². The fourth-order valence-electron chi connectivity index (χ4n) is 7.79. The Morgan fingerprint density at radius 3 is 1.54 bits per heavy atom. The highest BCUT2D eigenvalue weighted by Gasteiger charge is 2.23. The zero-order valence-corrected chi connectivity index (χ0v) is 27.7. The third-order valence-corrected chi connectivity index (χ3v) is 10.1. The third-order valence-electron chi connectivity index (χ3n) is 10.1. The molecule has 8 aromatic carbocycles. The number of para-hydroxylation sites is 2. The van der Waals surface area contributed by atoms with Gasteiger partial charge in [-0.1, -0.05) is 152 Å². The number of benzene rings is 8. The Hall–Kier alpha value is -7.11. The lowest BCUT2D eigenvalue weighted by Gasteiger charge is -2.13. The molecule has 0 atom stereocenters. The highest BCUT2D eigenvalue weighted by molar-refractivity contribution is 6.34. The van der Waals surface area contributed by atoms with E-state index in [0.717, 1.165) is 93.2 Å². The molecule has 0 fully saturated rings. The Kier molecular flexibility index (Phi) is 6.18. The van der Waals surface area contributed by atoms with Gasteiger partial charge in [-0.2, -0.15) is 0 Å². The van der Waals surface area contributed by atoms with E-state index >= 15 is 0 Å². The number of furan rings is 2. The Morgan fingerprint density at radius 1 is 0.288 bits per heavy atom. The zero-order valence-electron chi connectivity index (χ0n) is 27.7. The van der Waals surface area contributed by atoms with Gasteiger partial charge in [0.15, 0.2) is 17.5 Å². The summed E-state index contributed by atoms with van der Waals surface area (Å²) in [6.07, 6.45) is 0. The first-order chi connectivity index (χ1) is 25.8. The number of fused-ring (bicyclic) bond motifs is 11. The second-order valence-electron chi connectivity index (χ2n) is 13.1. The normalized spacial score (nSPS) is 11.8. The molecule has 11 rings (SSSR count). The first-order valence-electron chi connectivity index (χ1n) is 17.4. The van der Waals surface area contributed by atoms with Crippen LogP contribution in [0, 0.1) is 0 Å². The molecule has 11 aromatic rings. The molecule has 0 aliphatic rings. The lowest BCUT2D eigenvalue weighted by atomic mass is 9.93. The largest absolute Gasteiger partial charge is 0.455 e. The van der Waals surface area contributed by atoms with Gasteiger partial charge in [0, 0.05) is 43.8 Å². The molecular formula is C47H27N3O2. The Balaban J connectivity index is 1.17. The fourth-order valence-corrected chi connectivity index (χ4v) is 7.79. The summed E-state index contributed by atoms with van der Waals surface area (Å²) in [7, 11) is 0. The van der Waals surface area contributed by atoms with Crippen molar-refractivity contribution in [3.05, 3.63) is 164 Å². The molecule has 0 spiro atoms. The van der Waals surface area contributed by atoms with Crippen LogP contribution in [0.5, 0.6) is 0 Å². The van der Waals surface area contributed by atoms with Crippen LogP contribution in [0.3, 0.4) is 0 Å². The minimum absolute atomic E-state index is 0.623. The van der Waals surface area contributed by atoms with Crippen molar-refractivity contribution in [1.82, 2.24) is 15.0 Å². The fraction of sp³-hybridized carbons (Fsp3) is 0. The molecule has 5 nitrogen and oxygen atoms in total. The summed E-state index contributed by atoms with van der Waals surface area (Å²) in [5.41, 5.74) is 8.29. The summed E-state index contributed by atoms with van der Waals surface area (Å²) < 4.78 is 13.5. The van der Waals surface area contributed by atoms with Crippen LogP contribution in [0.2, 0.25) is 0 Å². The standard InChI is InChI=1S/C47H27N3O2/c1-3-14-28(15-4-1)45-48-46(29-16-5-2-6-17-29)50-47(49-45)36-27-26-32(30-18-7-8-19-31(30)36)34-23-13-24-38-40-33-20-9-10-21-35(33)43-41(44(40)52-42(34)38)37-22-11-12-25-39(37)51-43/h1-27H. The molecule has 0 saturated carbocycles. The van der Waals surface area contributed by atoms with E-state index in [0.29, 0.717) is 17.5 Å². The van der Waals surface area contributed by atoms with E-state index in [2.05, 4.69) is 91.0 Å². The van der Waals surface area contributed by atoms with E-state index in [-0.39, 0.29) is 0 Å². The molecule has 3 heterocycles. The summed E-state index contributed by atoms with van der Waals surface area (Å²) in [5, 5.41) is 8.53.